The second kappa shape index (κ2) is 10.2. The van der Waals surface area contributed by atoms with Crippen molar-refractivity contribution >= 4 is 11.9 Å². The lowest BCUT2D eigenvalue weighted by atomic mass is 9.81. The summed E-state index contributed by atoms with van der Waals surface area (Å²) in [6, 6.07) is 17.8. The van der Waals surface area contributed by atoms with Gasteiger partial charge in [0.1, 0.15) is 0 Å². The summed E-state index contributed by atoms with van der Waals surface area (Å²) in [7, 11) is 1.36. The molecule has 5 heteroatoms. The first kappa shape index (κ1) is 23.7. The Morgan fingerprint density at radius 2 is 1.71 bits per heavy atom. The third kappa shape index (κ3) is 5.19. The normalized spacial score (nSPS) is 16.9. The molecule has 1 unspecified atom stereocenters. The van der Waals surface area contributed by atoms with E-state index < -0.39 is 0 Å². The van der Waals surface area contributed by atoms with Crippen molar-refractivity contribution in [3.63, 3.8) is 0 Å². The number of benzene rings is 2. The van der Waals surface area contributed by atoms with Gasteiger partial charge >= 0.3 is 5.97 Å². The van der Waals surface area contributed by atoms with Crippen LogP contribution in [0.1, 0.15) is 68.4 Å². The molecule has 34 heavy (non-hydrogen) atoms. The summed E-state index contributed by atoms with van der Waals surface area (Å²) < 4.78 is 4.72. The van der Waals surface area contributed by atoms with Crippen molar-refractivity contribution in [2.75, 3.05) is 7.11 Å². The number of esters is 1. The molecule has 5 nitrogen and oxygen atoms in total. The number of hydrogen-bond acceptors (Lipinski definition) is 4. The smallest absolute Gasteiger partial charge is 0.337 e. The summed E-state index contributed by atoms with van der Waals surface area (Å²) in [4.78, 5) is 29.2. The zero-order valence-electron chi connectivity index (χ0n) is 20.3. The lowest BCUT2D eigenvalue weighted by molar-refractivity contribution is 0.0600. The molecule has 0 radical (unpaired) electrons. The van der Waals surface area contributed by atoms with Crippen molar-refractivity contribution < 1.29 is 14.3 Å². The first-order chi connectivity index (χ1) is 16.4. The van der Waals surface area contributed by atoms with E-state index in [4.69, 9.17) is 9.72 Å². The van der Waals surface area contributed by atoms with Crippen molar-refractivity contribution in [1.82, 2.24) is 10.3 Å². The van der Waals surface area contributed by atoms with Gasteiger partial charge in [-0.1, -0.05) is 55.8 Å². The summed E-state index contributed by atoms with van der Waals surface area (Å²) in [6.45, 7) is 7.01. The van der Waals surface area contributed by atoms with E-state index in [0.717, 1.165) is 24.1 Å². The van der Waals surface area contributed by atoms with Gasteiger partial charge in [0.05, 0.1) is 18.2 Å². The fourth-order valence-electron chi connectivity index (χ4n) is 4.99. The van der Waals surface area contributed by atoms with Gasteiger partial charge in [0.2, 0.25) is 0 Å². The molecule has 1 aromatic heterocycles. The van der Waals surface area contributed by atoms with E-state index in [0.29, 0.717) is 35.4 Å². The Kier molecular flexibility index (Phi) is 7.11. The van der Waals surface area contributed by atoms with Gasteiger partial charge in [-0.3, -0.25) is 9.78 Å². The second-order valence-electron chi connectivity index (χ2n) is 9.56. The van der Waals surface area contributed by atoms with E-state index in [1.165, 1.54) is 23.8 Å². The third-order valence-electron chi connectivity index (χ3n) is 6.73. The molecule has 3 aromatic rings. The fraction of sp³-hybridized carbons (Fsp3) is 0.345. The number of aromatic nitrogens is 1. The number of methoxy groups -OCH3 is 1. The van der Waals surface area contributed by atoms with Gasteiger partial charge in [-0.05, 0) is 66.5 Å². The SMILES string of the molecule is COC(=O)c1ccc(CNC(=O)c2cnc3c(c2)CC(Cc2ccc(C)cc2)[C@H]3C(C)C)cc1. The molecule has 1 heterocycles. The molecule has 0 fully saturated rings. The monoisotopic (exact) mass is 456 g/mol. The van der Waals surface area contributed by atoms with Crippen molar-refractivity contribution in [3.8, 4) is 0 Å². The predicted octanol–water partition coefficient (Wildman–Crippen LogP) is 5.26. The van der Waals surface area contributed by atoms with Crippen molar-refractivity contribution in [2.45, 2.75) is 46.1 Å². The Hall–Kier alpha value is -3.47. The van der Waals surface area contributed by atoms with Crippen LogP contribution in [0, 0.1) is 18.8 Å². The van der Waals surface area contributed by atoms with Crippen LogP contribution in [0.15, 0.2) is 60.8 Å². The Balaban J connectivity index is 1.44. The Morgan fingerprint density at radius 3 is 2.35 bits per heavy atom. The minimum absolute atomic E-state index is 0.143. The highest BCUT2D eigenvalue weighted by Gasteiger charge is 2.36. The highest BCUT2D eigenvalue weighted by Crippen LogP contribution is 2.43. The topological polar surface area (TPSA) is 68.3 Å². The zero-order chi connectivity index (χ0) is 24.2. The van der Waals surface area contributed by atoms with E-state index in [9.17, 15) is 9.59 Å². The summed E-state index contributed by atoms with van der Waals surface area (Å²) in [6.07, 6.45) is 3.66. The van der Waals surface area contributed by atoms with Gasteiger partial charge in [0.15, 0.2) is 0 Å². The van der Waals surface area contributed by atoms with Gasteiger partial charge < -0.3 is 10.1 Å². The van der Waals surface area contributed by atoms with Crippen molar-refractivity contribution in [1.29, 1.82) is 0 Å². The Labute approximate surface area is 201 Å². The van der Waals surface area contributed by atoms with E-state index in [1.54, 1.807) is 18.3 Å². The summed E-state index contributed by atoms with van der Waals surface area (Å²) in [5.41, 5.74) is 6.94. The molecule has 2 atom stereocenters. The Morgan fingerprint density at radius 1 is 1.03 bits per heavy atom. The predicted molar refractivity (Wildman–Crippen MR) is 133 cm³/mol. The maximum absolute atomic E-state index is 12.8. The molecular formula is C29H32N2O3. The maximum atomic E-state index is 12.8. The van der Waals surface area contributed by atoms with Crippen LogP contribution in [-0.2, 0) is 24.1 Å². The zero-order valence-corrected chi connectivity index (χ0v) is 20.3. The standard InChI is InChI=1S/C29H32N2O3/c1-18(2)26-23(13-20-7-5-19(3)6-8-20)14-24-15-25(17-30-27(24)26)28(32)31-16-21-9-11-22(12-10-21)29(33)34-4/h5-12,15,17-18,23,26H,13-14,16H2,1-4H3,(H,31,32)/t23?,26-/m1/s1. The molecule has 0 spiro atoms. The third-order valence-corrected chi connectivity index (χ3v) is 6.73. The van der Waals surface area contributed by atoms with Crippen molar-refractivity contribution in [3.05, 3.63) is 99.9 Å². The number of pyridine rings is 1. The second-order valence-corrected chi connectivity index (χ2v) is 9.56. The highest BCUT2D eigenvalue weighted by molar-refractivity contribution is 5.94. The van der Waals surface area contributed by atoms with Crippen molar-refractivity contribution in [2.24, 2.45) is 11.8 Å². The minimum atomic E-state index is -0.375. The van der Waals surface area contributed by atoms with Crippen LogP contribution in [0.5, 0.6) is 0 Å². The molecule has 1 amide bonds. The van der Waals surface area contributed by atoms with E-state index in [-0.39, 0.29) is 11.9 Å². The molecule has 1 N–H and O–H groups in total. The highest BCUT2D eigenvalue weighted by atomic mass is 16.5. The maximum Gasteiger partial charge on any atom is 0.337 e. The molecule has 1 aliphatic rings. The Bertz CT molecular complexity index is 1170. The first-order valence-corrected chi connectivity index (χ1v) is 11.9. The van der Waals surface area contributed by atoms with Crippen LogP contribution in [0.3, 0.4) is 0 Å². The van der Waals surface area contributed by atoms with E-state index in [2.05, 4.69) is 50.4 Å². The summed E-state index contributed by atoms with van der Waals surface area (Å²) in [5.74, 6) is 0.839. The average Bonchev–Trinajstić information content (AvgIpc) is 3.21. The lowest BCUT2D eigenvalue weighted by Crippen LogP contribution is -2.23. The van der Waals surface area contributed by atoms with Crippen LogP contribution >= 0.6 is 0 Å². The molecule has 1 aliphatic carbocycles. The molecule has 4 rings (SSSR count). The lowest BCUT2D eigenvalue weighted by Gasteiger charge is -2.23. The average molecular weight is 457 g/mol. The van der Waals surface area contributed by atoms with Gasteiger partial charge in [0, 0.05) is 24.4 Å². The molecular weight excluding hydrogens is 424 g/mol. The van der Waals surface area contributed by atoms with E-state index >= 15 is 0 Å². The molecule has 176 valence electrons. The number of carbonyl (C=O) groups is 2. The largest absolute Gasteiger partial charge is 0.465 e. The van der Waals surface area contributed by atoms with Gasteiger partial charge in [-0.15, -0.1) is 0 Å². The van der Waals surface area contributed by atoms with Crippen LogP contribution in [0.4, 0.5) is 0 Å². The number of carbonyl (C=O) groups excluding carboxylic acids is 2. The molecule has 0 saturated heterocycles. The number of ether oxygens (including phenoxy) is 1. The number of nitrogens with one attached hydrogen (secondary N) is 1. The first-order valence-electron chi connectivity index (χ1n) is 11.9. The van der Waals surface area contributed by atoms with Crippen LogP contribution in [0.25, 0.3) is 0 Å². The fourth-order valence-corrected chi connectivity index (χ4v) is 4.99. The molecule has 2 aromatic carbocycles. The molecule has 0 bridgehead atoms. The van der Waals surface area contributed by atoms with Gasteiger partial charge in [0.25, 0.3) is 5.91 Å². The summed E-state index contributed by atoms with van der Waals surface area (Å²) in [5, 5.41) is 2.96. The number of aryl methyl sites for hydroxylation is 1. The number of fused-ring (bicyclic) bond motifs is 1. The minimum Gasteiger partial charge on any atom is -0.465 e. The van der Waals surface area contributed by atoms with Crippen LogP contribution in [0.2, 0.25) is 0 Å². The number of rotatable bonds is 7. The summed E-state index contributed by atoms with van der Waals surface area (Å²) >= 11 is 0. The number of amides is 1. The number of hydrogen-bond donors (Lipinski definition) is 1. The van der Waals surface area contributed by atoms with E-state index in [1.807, 2.05) is 18.2 Å². The van der Waals surface area contributed by atoms with Gasteiger partial charge in [-0.25, -0.2) is 4.79 Å². The number of nitrogens with zero attached hydrogens (tertiary/aromatic N) is 1. The molecule has 0 saturated carbocycles. The quantitative estimate of drug-likeness (QED) is 0.493. The van der Waals surface area contributed by atoms with Crippen LogP contribution in [-0.4, -0.2) is 24.0 Å². The molecule has 0 aliphatic heterocycles. The van der Waals surface area contributed by atoms with Crippen LogP contribution < -0.4 is 5.32 Å². The van der Waals surface area contributed by atoms with Gasteiger partial charge in [-0.2, -0.15) is 0 Å².